The maximum atomic E-state index is 12.7. The molecule has 4 atom stereocenters. The minimum absolute atomic E-state index is 0.202. The molecule has 1 aromatic heterocycles. The van der Waals surface area contributed by atoms with Crippen molar-refractivity contribution in [3.05, 3.63) is 17.5 Å². The van der Waals surface area contributed by atoms with Crippen molar-refractivity contribution < 1.29 is 14.7 Å². The zero-order valence-electron chi connectivity index (χ0n) is 17.4. The summed E-state index contributed by atoms with van der Waals surface area (Å²) in [6, 6.07) is 1.28. The van der Waals surface area contributed by atoms with Gasteiger partial charge in [0.25, 0.3) is 11.8 Å². The number of fused-ring (bicyclic) bond motifs is 2. The number of hydrogen-bond acceptors (Lipinski definition) is 5. The number of aliphatic hydroxyl groups is 1. The number of likely N-dealkylation sites (tertiary alicyclic amines) is 1. The maximum Gasteiger partial charge on any atom is 0.272 e. The van der Waals surface area contributed by atoms with Crippen molar-refractivity contribution in [1.29, 1.82) is 0 Å². The molecule has 8 heteroatoms. The fourth-order valence-electron chi connectivity index (χ4n) is 5.08. The Hall–Kier alpha value is -1.93. The van der Waals surface area contributed by atoms with Gasteiger partial charge in [-0.3, -0.25) is 14.3 Å². The molecule has 2 aliphatic heterocycles. The van der Waals surface area contributed by atoms with Gasteiger partial charge in [0.1, 0.15) is 5.69 Å². The molecule has 160 valence electrons. The molecule has 1 saturated carbocycles. The number of carbonyl (C=O) groups excluding carboxylic acids is 2. The number of nitrogens with zero attached hydrogens (tertiary/aromatic N) is 3. The summed E-state index contributed by atoms with van der Waals surface area (Å²) in [5.74, 6) is 1.26. The Morgan fingerprint density at radius 2 is 2.10 bits per heavy atom. The molecule has 0 unspecified atom stereocenters. The van der Waals surface area contributed by atoms with Crippen LogP contribution in [0.2, 0.25) is 0 Å². The van der Waals surface area contributed by atoms with Crippen LogP contribution in [0.25, 0.3) is 0 Å². The molecular formula is C21H33N5O3. The highest BCUT2D eigenvalue weighted by atomic mass is 16.3. The highest BCUT2D eigenvalue weighted by Gasteiger charge is 2.42. The number of aliphatic hydroxyl groups excluding tert-OH is 1. The van der Waals surface area contributed by atoms with Crippen molar-refractivity contribution in [1.82, 2.24) is 25.3 Å². The van der Waals surface area contributed by atoms with Crippen molar-refractivity contribution in [2.24, 2.45) is 17.8 Å². The smallest absolute Gasteiger partial charge is 0.272 e. The van der Waals surface area contributed by atoms with E-state index in [4.69, 9.17) is 0 Å². The second kappa shape index (κ2) is 8.44. The van der Waals surface area contributed by atoms with Crippen LogP contribution in [0.1, 0.15) is 60.5 Å². The maximum absolute atomic E-state index is 12.7. The van der Waals surface area contributed by atoms with Crippen LogP contribution in [0, 0.1) is 17.8 Å². The van der Waals surface area contributed by atoms with Gasteiger partial charge < -0.3 is 20.6 Å². The fourth-order valence-corrected chi connectivity index (χ4v) is 5.08. The van der Waals surface area contributed by atoms with Gasteiger partial charge in [-0.15, -0.1) is 0 Å². The number of rotatable bonds is 6. The third kappa shape index (κ3) is 4.48. The summed E-state index contributed by atoms with van der Waals surface area (Å²) in [4.78, 5) is 27.1. The van der Waals surface area contributed by atoms with Gasteiger partial charge >= 0.3 is 0 Å². The zero-order valence-corrected chi connectivity index (χ0v) is 17.4. The van der Waals surface area contributed by atoms with E-state index in [1.807, 2.05) is 0 Å². The quantitative estimate of drug-likeness (QED) is 0.654. The third-order valence-corrected chi connectivity index (χ3v) is 6.64. The van der Waals surface area contributed by atoms with E-state index in [0.29, 0.717) is 30.6 Å². The SMILES string of the molecule is CC(C)CCCN1C[C@H]2C[C@H](O)[C@@H](NC(=O)c3cc4n(n3)CCNC4=O)C[C@H]2C1. The first-order valence-electron chi connectivity index (χ1n) is 11.0. The molecule has 0 aromatic carbocycles. The molecule has 29 heavy (non-hydrogen) atoms. The highest BCUT2D eigenvalue weighted by molar-refractivity contribution is 5.98. The number of amides is 2. The third-order valence-electron chi connectivity index (χ3n) is 6.64. The van der Waals surface area contributed by atoms with Crippen LogP contribution in [-0.2, 0) is 6.54 Å². The average molecular weight is 404 g/mol. The Morgan fingerprint density at radius 1 is 1.34 bits per heavy atom. The van der Waals surface area contributed by atoms with E-state index in [0.717, 1.165) is 38.4 Å². The molecule has 1 aliphatic carbocycles. The van der Waals surface area contributed by atoms with Crippen LogP contribution >= 0.6 is 0 Å². The van der Waals surface area contributed by atoms with E-state index < -0.39 is 6.10 Å². The standard InChI is InChI=1S/C21H33N5O3/c1-13(2)4-3-6-25-11-14-8-16(19(27)9-15(14)12-25)23-20(28)17-10-18-21(29)22-5-7-26(18)24-17/h10,13-16,19,27H,3-9,11-12H2,1-2H3,(H,22,29)(H,23,28)/t14-,15+,16-,19-/m0/s1. The molecule has 8 nitrogen and oxygen atoms in total. The Labute approximate surface area is 172 Å². The second-order valence-corrected chi connectivity index (χ2v) is 9.33. The Bertz CT molecular complexity index is 761. The molecule has 2 fully saturated rings. The van der Waals surface area contributed by atoms with Gasteiger partial charge in [0.15, 0.2) is 5.69 Å². The van der Waals surface area contributed by atoms with Crippen LogP contribution in [0.15, 0.2) is 6.07 Å². The topological polar surface area (TPSA) is 99.5 Å². The van der Waals surface area contributed by atoms with Gasteiger partial charge in [0.2, 0.25) is 0 Å². The minimum atomic E-state index is -0.531. The summed E-state index contributed by atoms with van der Waals surface area (Å²) in [5.41, 5.74) is 0.659. The first-order valence-corrected chi connectivity index (χ1v) is 11.0. The van der Waals surface area contributed by atoms with Crippen molar-refractivity contribution >= 4 is 11.8 Å². The number of hydrogen-bond donors (Lipinski definition) is 3. The summed E-state index contributed by atoms with van der Waals surface area (Å²) in [5, 5.41) is 20.6. The summed E-state index contributed by atoms with van der Waals surface area (Å²) >= 11 is 0. The van der Waals surface area contributed by atoms with E-state index in [1.54, 1.807) is 4.68 Å². The van der Waals surface area contributed by atoms with E-state index in [9.17, 15) is 14.7 Å². The normalized spacial score (nSPS) is 29.4. The Kier molecular flexibility index (Phi) is 5.92. The van der Waals surface area contributed by atoms with Gasteiger partial charge in [-0.05, 0) is 50.0 Å². The predicted molar refractivity (Wildman–Crippen MR) is 109 cm³/mol. The number of nitrogens with one attached hydrogen (secondary N) is 2. The number of aromatic nitrogens is 2. The molecule has 2 amide bonds. The van der Waals surface area contributed by atoms with E-state index >= 15 is 0 Å². The van der Waals surface area contributed by atoms with Crippen LogP contribution in [-0.4, -0.2) is 69.9 Å². The summed E-state index contributed by atoms with van der Waals surface area (Å²) in [7, 11) is 0. The monoisotopic (exact) mass is 403 g/mol. The van der Waals surface area contributed by atoms with E-state index in [-0.39, 0.29) is 23.6 Å². The lowest BCUT2D eigenvalue weighted by Crippen LogP contribution is -2.49. The molecule has 1 saturated heterocycles. The predicted octanol–water partition coefficient (Wildman–Crippen LogP) is 0.864. The molecule has 1 aromatic rings. The van der Waals surface area contributed by atoms with Gasteiger partial charge in [-0.25, -0.2) is 0 Å². The van der Waals surface area contributed by atoms with Crippen molar-refractivity contribution in [2.45, 2.75) is 58.2 Å². The molecule has 0 bridgehead atoms. The van der Waals surface area contributed by atoms with Crippen LogP contribution < -0.4 is 10.6 Å². The molecule has 0 radical (unpaired) electrons. The van der Waals surface area contributed by atoms with Gasteiger partial charge in [0, 0.05) is 25.7 Å². The lowest BCUT2D eigenvalue weighted by molar-refractivity contribution is 0.0459. The molecule has 3 heterocycles. The van der Waals surface area contributed by atoms with E-state index in [1.165, 1.54) is 18.9 Å². The van der Waals surface area contributed by atoms with Crippen LogP contribution in [0.5, 0.6) is 0 Å². The molecule has 4 rings (SSSR count). The molecular weight excluding hydrogens is 370 g/mol. The first kappa shape index (κ1) is 20.3. The summed E-state index contributed by atoms with van der Waals surface area (Å²) in [6.07, 6.45) is 3.47. The lowest BCUT2D eigenvalue weighted by Gasteiger charge is -2.35. The fraction of sp³-hybridized carbons (Fsp3) is 0.762. The largest absolute Gasteiger partial charge is 0.391 e. The van der Waals surface area contributed by atoms with Crippen LogP contribution in [0.4, 0.5) is 0 Å². The summed E-state index contributed by atoms with van der Waals surface area (Å²) in [6.45, 7) is 8.85. The van der Waals surface area contributed by atoms with Gasteiger partial charge in [0.05, 0.1) is 18.7 Å². The van der Waals surface area contributed by atoms with Crippen molar-refractivity contribution in [3.63, 3.8) is 0 Å². The van der Waals surface area contributed by atoms with Crippen molar-refractivity contribution in [2.75, 3.05) is 26.2 Å². The second-order valence-electron chi connectivity index (χ2n) is 9.33. The van der Waals surface area contributed by atoms with Crippen LogP contribution in [0.3, 0.4) is 0 Å². The Balaban J connectivity index is 1.33. The van der Waals surface area contributed by atoms with Gasteiger partial charge in [-0.2, -0.15) is 5.10 Å². The average Bonchev–Trinajstić information content (AvgIpc) is 3.26. The Morgan fingerprint density at radius 3 is 2.83 bits per heavy atom. The molecule has 0 spiro atoms. The lowest BCUT2D eigenvalue weighted by atomic mass is 9.77. The highest BCUT2D eigenvalue weighted by Crippen LogP contribution is 2.36. The summed E-state index contributed by atoms with van der Waals surface area (Å²) < 4.78 is 1.58. The van der Waals surface area contributed by atoms with Crippen molar-refractivity contribution in [3.8, 4) is 0 Å². The van der Waals surface area contributed by atoms with E-state index in [2.05, 4.69) is 34.5 Å². The molecule has 3 N–H and O–H groups in total. The first-order chi connectivity index (χ1) is 13.9. The number of carbonyl (C=O) groups is 2. The van der Waals surface area contributed by atoms with Gasteiger partial charge in [-0.1, -0.05) is 13.8 Å². The molecule has 3 aliphatic rings. The minimum Gasteiger partial charge on any atom is -0.391 e. The zero-order chi connectivity index (χ0) is 20.5.